The number of hydrazine groups is 1. The number of halogens is 1. The van der Waals surface area contributed by atoms with Gasteiger partial charge in [0.25, 0.3) is 5.91 Å². The minimum atomic E-state index is -0.564. The van der Waals surface area contributed by atoms with E-state index in [1.54, 1.807) is 18.2 Å². The maximum atomic E-state index is 13.0. The van der Waals surface area contributed by atoms with E-state index in [1.807, 2.05) is 23.1 Å². The normalized spacial score (nSPS) is 12.9. The van der Waals surface area contributed by atoms with Crippen LogP contribution in [0, 0.1) is 5.82 Å². The fraction of sp³-hybridized carbons (Fsp3) is 0.182. The van der Waals surface area contributed by atoms with Gasteiger partial charge in [-0.25, -0.2) is 4.39 Å². The van der Waals surface area contributed by atoms with Gasteiger partial charge in [-0.05, 0) is 60.9 Å². The molecule has 2 aromatic carbocycles. The van der Waals surface area contributed by atoms with Crippen LogP contribution in [0.3, 0.4) is 0 Å². The predicted molar refractivity (Wildman–Crippen MR) is 107 cm³/mol. The first-order valence-electron chi connectivity index (χ1n) is 9.38. The van der Waals surface area contributed by atoms with Crippen LogP contribution in [0.2, 0.25) is 0 Å². The van der Waals surface area contributed by atoms with Crippen LogP contribution in [0.15, 0.2) is 65.1 Å². The highest BCUT2D eigenvalue weighted by Gasteiger charge is 2.19. The lowest BCUT2D eigenvalue weighted by Crippen LogP contribution is -2.47. The fourth-order valence-electron chi connectivity index (χ4n) is 3.41. The van der Waals surface area contributed by atoms with Gasteiger partial charge in [0.2, 0.25) is 0 Å². The van der Waals surface area contributed by atoms with Gasteiger partial charge in [0.05, 0.1) is 6.54 Å². The number of amides is 2. The van der Waals surface area contributed by atoms with E-state index in [9.17, 15) is 14.0 Å². The molecular weight excluding hydrogens is 373 g/mol. The Morgan fingerprint density at radius 1 is 1.00 bits per heavy atom. The van der Waals surface area contributed by atoms with Gasteiger partial charge < -0.3 is 9.32 Å². The number of carbonyl (C=O) groups is 2. The minimum absolute atomic E-state index is 0.0490. The molecular formula is C22H20FN3O3. The van der Waals surface area contributed by atoms with Crippen molar-refractivity contribution in [1.29, 1.82) is 0 Å². The molecule has 0 fully saturated rings. The number of hydrogen-bond acceptors (Lipinski definition) is 4. The van der Waals surface area contributed by atoms with Gasteiger partial charge in [-0.1, -0.05) is 18.2 Å². The van der Waals surface area contributed by atoms with Crippen LogP contribution in [-0.2, 0) is 11.2 Å². The van der Waals surface area contributed by atoms with Crippen molar-refractivity contribution in [2.75, 3.05) is 18.0 Å². The van der Waals surface area contributed by atoms with Crippen LogP contribution in [0.25, 0.3) is 11.3 Å². The zero-order valence-corrected chi connectivity index (χ0v) is 15.7. The summed E-state index contributed by atoms with van der Waals surface area (Å²) in [6, 6.07) is 16.9. The standard InChI is InChI=1S/C22H20FN3O3/c23-17-9-7-16(8-10-17)19-11-12-20(29-19)22(28)25-24-21(27)14-26-13-3-5-15-4-1-2-6-18(15)26/h1-2,4,6-12H,3,5,13-14H2,(H,24,27)(H,25,28). The number of para-hydroxylation sites is 1. The Labute approximate surface area is 167 Å². The van der Waals surface area contributed by atoms with Crippen molar-refractivity contribution in [3.8, 4) is 11.3 Å². The molecule has 6 nitrogen and oxygen atoms in total. The van der Waals surface area contributed by atoms with Crippen LogP contribution < -0.4 is 15.8 Å². The second kappa shape index (κ2) is 8.18. The maximum absolute atomic E-state index is 13.0. The number of furan rings is 1. The van der Waals surface area contributed by atoms with Crippen molar-refractivity contribution in [2.45, 2.75) is 12.8 Å². The van der Waals surface area contributed by atoms with E-state index in [0.717, 1.165) is 25.1 Å². The number of nitrogens with zero attached hydrogens (tertiary/aromatic N) is 1. The van der Waals surface area contributed by atoms with Gasteiger partial charge in [0.1, 0.15) is 11.6 Å². The molecule has 2 heterocycles. The Balaban J connectivity index is 1.33. The molecule has 2 amide bonds. The lowest BCUT2D eigenvalue weighted by Gasteiger charge is -2.30. The Morgan fingerprint density at radius 3 is 2.62 bits per heavy atom. The van der Waals surface area contributed by atoms with Crippen molar-refractivity contribution in [1.82, 2.24) is 10.9 Å². The summed E-state index contributed by atoms with van der Waals surface area (Å²) in [6.07, 6.45) is 1.98. The number of benzene rings is 2. The molecule has 2 N–H and O–H groups in total. The molecule has 0 aliphatic carbocycles. The molecule has 3 aromatic rings. The number of carbonyl (C=O) groups excluding carboxylic acids is 2. The third kappa shape index (κ3) is 4.29. The molecule has 1 aromatic heterocycles. The molecule has 7 heteroatoms. The molecule has 0 bridgehead atoms. The summed E-state index contributed by atoms with van der Waals surface area (Å²) in [7, 11) is 0. The second-order valence-corrected chi connectivity index (χ2v) is 6.83. The summed E-state index contributed by atoms with van der Waals surface area (Å²) >= 11 is 0. The summed E-state index contributed by atoms with van der Waals surface area (Å²) in [4.78, 5) is 26.5. The van der Waals surface area contributed by atoms with E-state index >= 15 is 0 Å². The smallest absolute Gasteiger partial charge is 0.305 e. The van der Waals surface area contributed by atoms with Crippen molar-refractivity contribution in [3.05, 3.63) is 77.8 Å². The molecule has 148 valence electrons. The van der Waals surface area contributed by atoms with Crippen molar-refractivity contribution >= 4 is 17.5 Å². The van der Waals surface area contributed by atoms with Gasteiger partial charge in [-0.15, -0.1) is 0 Å². The Morgan fingerprint density at radius 2 is 1.79 bits per heavy atom. The average molecular weight is 393 g/mol. The molecule has 0 spiro atoms. The number of hydrogen-bond donors (Lipinski definition) is 2. The molecule has 1 aliphatic rings. The van der Waals surface area contributed by atoms with Crippen LogP contribution in [0.5, 0.6) is 0 Å². The molecule has 0 radical (unpaired) electrons. The number of nitrogens with one attached hydrogen (secondary N) is 2. The first-order valence-corrected chi connectivity index (χ1v) is 9.38. The van der Waals surface area contributed by atoms with Crippen molar-refractivity contribution < 1.29 is 18.4 Å². The van der Waals surface area contributed by atoms with Crippen molar-refractivity contribution in [3.63, 3.8) is 0 Å². The average Bonchev–Trinajstić information content (AvgIpc) is 3.23. The largest absolute Gasteiger partial charge is 0.451 e. The first kappa shape index (κ1) is 18.7. The highest BCUT2D eigenvalue weighted by Crippen LogP contribution is 2.26. The fourth-order valence-corrected chi connectivity index (χ4v) is 3.41. The zero-order chi connectivity index (χ0) is 20.2. The topological polar surface area (TPSA) is 74.6 Å². The zero-order valence-electron chi connectivity index (χ0n) is 15.7. The van der Waals surface area contributed by atoms with E-state index in [2.05, 4.69) is 16.9 Å². The van der Waals surface area contributed by atoms with Gasteiger partial charge in [-0.2, -0.15) is 0 Å². The van der Waals surface area contributed by atoms with Gasteiger partial charge in [-0.3, -0.25) is 20.4 Å². The van der Waals surface area contributed by atoms with E-state index in [-0.39, 0.29) is 24.0 Å². The predicted octanol–water partition coefficient (Wildman–Crippen LogP) is 3.30. The SMILES string of the molecule is O=C(CN1CCCc2ccccc21)NNC(=O)c1ccc(-c2ccc(F)cc2)o1. The Hall–Kier alpha value is -3.61. The molecule has 0 saturated carbocycles. The maximum Gasteiger partial charge on any atom is 0.305 e. The summed E-state index contributed by atoms with van der Waals surface area (Å²) in [5.41, 5.74) is 7.72. The Kier molecular flexibility index (Phi) is 5.29. The number of fused-ring (bicyclic) bond motifs is 1. The lowest BCUT2D eigenvalue weighted by atomic mass is 10.0. The minimum Gasteiger partial charge on any atom is -0.451 e. The monoisotopic (exact) mass is 393 g/mol. The molecule has 29 heavy (non-hydrogen) atoms. The van der Waals surface area contributed by atoms with Crippen LogP contribution >= 0.6 is 0 Å². The summed E-state index contributed by atoms with van der Waals surface area (Å²) in [6.45, 7) is 0.938. The molecule has 0 saturated heterocycles. The lowest BCUT2D eigenvalue weighted by molar-refractivity contribution is -0.120. The summed E-state index contributed by atoms with van der Waals surface area (Å²) in [5, 5.41) is 0. The van der Waals surface area contributed by atoms with Gasteiger partial charge in [0, 0.05) is 17.8 Å². The van der Waals surface area contributed by atoms with Crippen molar-refractivity contribution in [2.24, 2.45) is 0 Å². The third-order valence-corrected chi connectivity index (χ3v) is 4.81. The van der Waals surface area contributed by atoms with Gasteiger partial charge >= 0.3 is 5.91 Å². The second-order valence-electron chi connectivity index (χ2n) is 6.83. The van der Waals surface area contributed by atoms with Gasteiger partial charge in [0.15, 0.2) is 5.76 Å². The van der Waals surface area contributed by atoms with E-state index in [4.69, 9.17) is 4.42 Å². The summed E-state index contributed by atoms with van der Waals surface area (Å²) < 4.78 is 18.5. The van der Waals surface area contributed by atoms with Crippen LogP contribution in [0.4, 0.5) is 10.1 Å². The van der Waals surface area contributed by atoms with E-state index < -0.39 is 5.91 Å². The highest BCUT2D eigenvalue weighted by atomic mass is 19.1. The van der Waals surface area contributed by atoms with Crippen LogP contribution in [0.1, 0.15) is 22.5 Å². The highest BCUT2D eigenvalue weighted by molar-refractivity contribution is 5.94. The molecule has 1 aliphatic heterocycles. The third-order valence-electron chi connectivity index (χ3n) is 4.81. The van der Waals surface area contributed by atoms with Crippen LogP contribution in [-0.4, -0.2) is 24.9 Å². The molecule has 4 rings (SSSR count). The number of aryl methyl sites for hydroxylation is 1. The number of rotatable bonds is 4. The van der Waals surface area contributed by atoms with E-state index in [1.165, 1.54) is 23.8 Å². The van der Waals surface area contributed by atoms with E-state index in [0.29, 0.717) is 11.3 Å². The molecule has 0 atom stereocenters. The number of anilines is 1. The first-order chi connectivity index (χ1) is 14.1. The molecule has 0 unspecified atom stereocenters. The Bertz CT molecular complexity index is 1030. The summed E-state index contributed by atoms with van der Waals surface area (Å²) in [5.74, 6) is -0.747. The quantitative estimate of drug-likeness (QED) is 0.667.